The molecule has 7 rings (SSSR count). The summed E-state index contributed by atoms with van der Waals surface area (Å²) in [6.07, 6.45) is 3.65. The molecule has 0 amide bonds. The van der Waals surface area contributed by atoms with Crippen LogP contribution in [0.15, 0.2) is 102 Å². The Labute approximate surface area is 245 Å². The quantitative estimate of drug-likeness (QED) is 0.281. The molecule has 0 radical (unpaired) electrons. The standard InChI is InChI=1S/C34H33N7O/c1-22-19-41(21-28(22)32-38-33(40-39-32)30-10-6-7-16-35-30)20-23-11-13-25(14-12-23)31-26(24-8-4-3-5-9-24)18-27-29(37-31)15-17-36-34(27)42-2/h3-18,22,28,32,39H,19-21H2,1-2H3,(H,38,40)/t22-,28-,32?/m0/s1. The summed E-state index contributed by atoms with van der Waals surface area (Å²) in [5.41, 5.74) is 10.5. The second kappa shape index (κ2) is 11.2. The van der Waals surface area contributed by atoms with Gasteiger partial charge in [-0.25, -0.2) is 9.97 Å². The molecule has 5 heterocycles. The second-order valence-corrected chi connectivity index (χ2v) is 11.1. The zero-order valence-electron chi connectivity index (χ0n) is 23.7. The molecule has 0 bridgehead atoms. The first-order valence-electron chi connectivity index (χ1n) is 14.4. The van der Waals surface area contributed by atoms with Gasteiger partial charge in [0.1, 0.15) is 11.9 Å². The SMILES string of the molecule is COc1nccc2nc(-c3ccc(CN4C[C@H](C5NN=C(c6ccccn6)N5)[C@@H](C)C4)cc3)c(-c3ccccc3)cc12. The van der Waals surface area contributed by atoms with E-state index >= 15 is 0 Å². The van der Waals surface area contributed by atoms with E-state index in [1.165, 1.54) is 5.56 Å². The number of fused-ring (bicyclic) bond motifs is 1. The first-order valence-corrected chi connectivity index (χ1v) is 14.4. The summed E-state index contributed by atoms with van der Waals surface area (Å²) in [5, 5.41) is 8.99. The number of hydrogen-bond acceptors (Lipinski definition) is 8. The fourth-order valence-corrected chi connectivity index (χ4v) is 6.16. The van der Waals surface area contributed by atoms with Crippen LogP contribution in [0.2, 0.25) is 0 Å². The summed E-state index contributed by atoms with van der Waals surface area (Å²) < 4.78 is 5.54. The van der Waals surface area contributed by atoms with E-state index in [0.29, 0.717) is 17.7 Å². The Balaban J connectivity index is 1.09. The van der Waals surface area contributed by atoms with Crippen LogP contribution in [0.5, 0.6) is 5.88 Å². The molecule has 2 aromatic carbocycles. The normalized spacial score (nSPS) is 20.2. The molecule has 3 aromatic heterocycles. The van der Waals surface area contributed by atoms with Crippen LogP contribution >= 0.6 is 0 Å². The molecule has 0 aliphatic carbocycles. The minimum atomic E-state index is 0.105. The first-order chi connectivity index (χ1) is 20.7. The van der Waals surface area contributed by atoms with Crippen molar-refractivity contribution < 1.29 is 4.74 Å². The summed E-state index contributed by atoms with van der Waals surface area (Å²) in [5.74, 6) is 2.37. The van der Waals surface area contributed by atoms with Gasteiger partial charge in [-0.2, -0.15) is 5.10 Å². The molecule has 42 heavy (non-hydrogen) atoms. The zero-order chi connectivity index (χ0) is 28.5. The van der Waals surface area contributed by atoms with E-state index in [9.17, 15) is 0 Å². The van der Waals surface area contributed by atoms with Crippen LogP contribution in [-0.4, -0.2) is 52.1 Å². The molecular weight excluding hydrogens is 522 g/mol. The monoisotopic (exact) mass is 555 g/mol. The van der Waals surface area contributed by atoms with E-state index in [-0.39, 0.29) is 6.17 Å². The van der Waals surface area contributed by atoms with Gasteiger partial charge in [-0.3, -0.25) is 15.3 Å². The number of rotatable bonds is 7. The first kappa shape index (κ1) is 26.1. The highest BCUT2D eigenvalue weighted by molar-refractivity contribution is 5.98. The summed E-state index contributed by atoms with van der Waals surface area (Å²) in [7, 11) is 1.65. The molecule has 1 fully saturated rings. The Bertz CT molecular complexity index is 1720. The molecule has 0 saturated carbocycles. The third-order valence-corrected chi connectivity index (χ3v) is 8.31. The van der Waals surface area contributed by atoms with Crippen molar-refractivity contribution in [2.75, 3.05) is 20.2 Å². The topological polar surface area (TPSA) is 87.6 Å². The molecule has 0 spiro atoms. The lowest BCUT2D eigenvalue weighted by Crippen LogP contribution is -2.44. The van der Waals surface area contributed by atoms with Crippen LogP contribution in [0.4, 0.5) is 0 Å². The van der Waals surface area contributed by atoms with Gasteiger partial charge in [0, 0.05) is 49.1 Å². The Morgan fingerprint density at radius 2 is 1.71 bits per heavy atom. The van der Waals surface area contributed by atoms with Crippen molar-refractivity contribution in [3.63, 3.8) is 0 Å². The predicted molar refractivity (Wildman–Crippen MR) is 166 cm³/mol. The smallest absolute Gasteiger partial charge is 0.222 e. The maximum Gasteiger partial charge on any atom is 0.222 e. The molecule has 2 N–H and O–H groups in total. The van der Waals surface area contributed by atoms with E-state index in [2.05, 4.69) is 92.2 Å². The molecule has 2 aliphatic rings. The number of nitrogens with zero attached hydrogens (tertiary/aromatic N) is 5. The maximum absolute atomic E-state index is 5.54. The number of hydrazone groups is 1. The van der Waals surface area contributed by atoms with E-state index in [0.717, 1.165) is 64.5 Å². The van der Waals surface area contributed by atoms with Gasteiger partial charge in [0.05, 0.1) is 23.7 Å². The van der Waals surface area contributed by atoms with Crippen molar-refractivity contribution in [1.82, 2.24) is 30.6 Å². The molecule has 5 aromatic rings. The number of ether oxygens (including phenoxy) is 1. The van der Waals surface area contributed by atoms with Crippen molar-refractivity contribution in [2.24, 2.45) is 16.9 Å². The summed E-state index contributed by atoms with van der Waals surface area (Å²) >= 11 is 0. The Hall–Kier alpha value is -4.82. The third-order valence-electron chi connectivity index (χ3n) is 8.31. The zero-order valence-corrected chi connectivity index (χ0v) is 23.7. The van der Waals surface area contributed by atoms with Gasteiger partial charge < -0.3 is 10.1 Å². The molecular formula is C34H33N7O. The van der Waals surface area contributed by atoms with Gasteiger partial charge in [0.15, 0.2) is 5.84 Å². The number of pyridine rings is 3. The van der Waals surface area contributed by atoms with Crippen molar-refractivity contribution in [3.8, 4) is 28.3 Å². The molecule has 2 aliphatic heterocycles. The summed E-state index contributed by atoms with van der Waals surface area (Å²) in [6.45, 7) is 5.28. The second-order valence-electron chi connectivity index (χ2n) is 11.1. The Morgan fingerprint density at radius 3 is 2.50 bits per heavy atom. The number of methoxy groups -OCH3 is 1. The van der Waals surface area contributed by atoms with Crippen molar-refractivity contribution >= 4 is 16.7 Å². The minimum Gasteiger partial charge on any atom is -0.481 e. The lowest BCUT2D eigenvalue weighted by molar-refractivity contribution is 0.288. The molecule has 3 atom stereocenters. The minimum absolute atomic E-state index is 0.105. The highest BCUT2D eigenvalue weighted by Crippen LogP contribution is 2.36. The van der Waals surface area contributed by atoms with Gasteiger partial charge in [-0.1, -0.05) is 67.6 Å². The number of aromatic nitrogens is 3. The lowest BCUT2D eigenvalue weighted by atomic mass is 9.95. The molecule has 1 saturated heterocycles. The van der Waals surface area contributed by atoms with Gasteiger partial charge in [0.2, 0.25) is 5.88 Å². The molecule has 8 nitrogen and oxygen atoms in total. The van der Waals surface area contributed by atoms with E-state index < -0.39 is 0 Å². The Morgan fingerprint density at radius 1 is 0.881 bits per heavy atom. The predicted octanol–water partition coefficient (Wildman–Crippen LogP) is 5.32. The average Bonchev–Trinajstić information content (AvgIpc) is 3.68. The maximum atomic E-state index is 5.54. The third kappa shape index (κ3) is 5.05. The number of benzene rings is 2. The average molecular weight is 556 g/mol. The summed E-state index contributed by atoms with van der Waals surface area (Å²) in [6, 6.07) is 29.2. The largest absolute Gasteiger partial charge is 0.481 e. The number of nitrogens with one attached hydrogen (secondary N) is 2. The van der Waals surface area contributed by atoms with Crippen LogP contribution < -0.4 is 15.5 Å². The van der Waals surface area contributed by atoms with Gasteiger partial charge in [-0.05, 0) is 41.3 Å². The number of hydrogen-bond donors (Lipinski definition) is 2. The van der Waals surface area contributed by atoms with Crippen LogP contribution in [0.3, 0.4) is 0 Å². The number of amidine groups is 1. The van der Waals surface area contributed by atoms with Crippen LogP contribution in [0.1, 0.15) is 18.2 Å². The van der Waals surface area contributed by atoms with Crippen LogP contribution in [-0.2, 0) is 6.54 Å². The van der Waals surface area contributed by atoms with Crippen LogP contribution in [0, 0.1) is 11.8 Å². The van der Waals surface area contributed by atoms with Crippen molar-refractivity contribution in [2.45, 2.75) is 19.6 Å². The van der Waals surface area contributed by atoms with E-state index in [4.69, 9.17) is 9.72 Å². The summed E-state index contributed by atoms with van der Waals surface area (Å²) in [4.78, 5) is 16.5. The molecule has 210 valence electrons. The van der Waals surface area contributed by atoms with E-state index in [1.54, 1.807) is 19.5 Å². The Kier molecular flexibility index (Phi) is 6.97. The van der Waals surface area contributed by atoms with Crippen LogP contribution in [0.25, 0.3) is 33.3 Å². The lowest BCUT2D eigenvalue weighted by Gasteiger charge is -2.23. The van der Waals surface area contributed by atoms with Crippen molar-refractivity contribution in [3.05, 3.63) is 109 Å². The fraction of sp³-hybridized carbons (Fsp3) is 0.235. The van der Waals surface area contributed by atoms with Crippen molar-refractivity contribution in [1.29, 1.82) is 0 Å². The highest BCUT2D eigenvalue weighted by atomic mass is 16.5. The molecule has 1 unspecified atom stereocenters. The van der Waals surface area contributed by atoms with Gasteiger partial charge >= 0.3 is 0 Å². The number of likely N-dealkylation sites (tertiary alicyclic amines) is 1. The molecule has 8 heteroatoms. The van der Waals surface area contributed by atoms with Gasteiger partial charge in [0.25, 0.3) is 0 Å². The van der Waals surface area contributed by atoms with E-state index in [1.807, 2.05) is 30.3 Å². The van der Waals surface area contributed by atoms with Gasteiger partial charge in [-0.15, -0.1) is 0 Å². The highest BCUT2D eigenvalue weighted by Gasteiger charge is 2.37. The fourth-order valence-electron chi connectivity index (χ4n) is 6.16.